The number of carbonyl (C=O) groups excluding carboxylic acids is 3. The molecule has 24 heteroatoms. The summed E-state index contributed by atoms with van der Waals surface area (Å²) in [6.45, 7) is 4.60. The number of carbonyl (C=O) groups is 3. The van der Waals surface area contributed by atoms with Gasteiger partial charge in [0.2, 0.25) is 0 Å². The van der Waals surface area contributed by atoms with Gasteiger partial charge in [-0.2, -0.15) is 0 Å². The highest BCUT2D eigenvalue weighted by Gasteiger charge is 2.39. The fraction of sp³-hybridized carbons (Fsp3) is 0.412. The molecule has 8 N–H and O–H groups in total. The van der Waals surface area contributed by atoms with Gasteiger partial charge in [0.25, 0.3) is 23.3 Å². The number of nitrogens with zero attached hydrogens (tertiary/aromatic N) is 7. The third-order valence-electron chi connectivity index (χ3n) is 8.79. The molecule has 58 heavy (non-hydrogen) atoms. The van der Waals surface area contributed by atoms with Gasteiger partial charge in [-0.25, -0.2) is 9.36 Å². The van der Waals surface area contributed by atoms with Gasteiger partial charge in [0.05, 0.1) is 47.8 Å². The molecule has 1 aliphatic rings. The van der Waals surface area contributed by atoms with E-state index in [4.69, 9.17) is 24.9 Å². The first-order valence-corrected chi connectivity index (χ1v) is 19.4. The van der Waals surface area contributed by atoms with Crippen molar-refractivity contribution in [2.75, 3.05) is 28.9 Å². The molecule has 1 aliphatic heterocycles. The Morgan fingerprint density at radius 2 is 1.55 bits per heavy atom. The fourth-order valence-electron chi connectivity index (χ4n) is 6.08. The highest BCUT2D eigenvalue weighted by Crippen LogP contribution is 2.50. The van der Waals surface area contributed by atoms with Crippen LogP contribution in [0, 0.1) is 12.3 Å². The Labute approximate surface area is 330 Å². The Morgan fingerprint density at radius 3 is 2.10 bits per heavy atom. The number of ether oxygens (including phenoxy) is 1. The van der Waals surface area contributed by atoms with Crippen molar-refractivity contribution < 1.29 is 32.7 Å². The van der Waals surface area contributed by atoms with Crippen molar-refractivity contribution in [1.82, 2.24) is 28.6 Å². The summed E-state index contributed by atoms with van der Waals surface area (Å²) in [5.41, 5.74) is 15.0. The van der Waals surface area contributed by atoms with Gasteiger partial charge in [-0.3, -0.25) is 48.3 Å². The van der Waals surface area contributed by atoms with Crippen LogP contribution in [0.5, 0.6) is 0 Å². The molecule has 4 aromatic heterocycles. The Balaban J connectivity index is 1.23. The van der Waals surface area contributed by atoms with E-state index < -0.39 is 61.2 Å². The lowest BCUT2D eigenvalue weighted by molar-refractivity contribution is -0.0253. The van der Waals surface area contributed by atoms with Crippen LogP contribution in [0.3, 0.4) is 0 Å². The number of amides is 3. The van der Waals surface area contributed by atoms with Crippen molar-refractivity contribution in [2.45, 2.75) is 58.1 Å². The molecule has 5 rings (SSSR count). The maximum Gasteiger partial charge on any atom is 0.433 e. The number of rotatable bonds is 17. The second kappa shape index (κ2) is 17.8. The monoisotopic (exact) mass is 824 g/mol. The number of amidine groups is 1. The molecule has 0 radical (unpaired) electrons. The van der Waals surface area contributed by atoms with Crippen molar-refractivity contribution in [2.24, 2.45) is 32.0 Å². The zero-order valence-corrected chi connectivity index (χ0v) is 33.4. The van der Waals surface area contributed by atoms with Gasteiger partial charge in [-0.15, -0.1) is 0 Å². The molecule has 310 valence electrons. The summed E-state index contributed by atoms with van der Waals surface area (Å²) in [6, 6.07) is 3.57. The lowest BCUT2D eigenvalue weighted by Gasteiger charge is -2.24. The lowest BCUT2D eigenvalue weighted by atomic mass is 10.1. The fourth-order valence-corrected chi connectivity index (χ4v) is 7.60. The van der Waals surface area contributed by atoms with Crippen molar-refractivity contribution in [1.29, 1.82) is 5.41 Å². The van der Waals surface area contributed by atoms with Gasteiger partial charge in [0.15, 0.2) is 0 Å². The van der Waals surface area contributed by atoms with Gasteiger partial charge in [0.1, 0.15) is 23.3 Å². The molecular formula is C34H45N14O9P. The number of hydrogen-bond acceptors (Lipinski definition) is 11. The van der Waals surface area contributed by atoms with Gasteiger partial charge < -0.3 is 40.1 Å². The summed E-state index contributed by atoms with van der Waals surface area (Å²) in [4.78, 5) is 68.6. The van der Waals surface area contributed by atoms with Crippen LogP contribution in [0.15, 0.2) is 57.7 Å². The molecule has 23 nitrogen and oxygen atoms in total. The minimum atomic E-state index is -4.18. The van der Waals surface area contributed by atoms with Crippen LogP contribution in [0.4, 0.5) is 17.1 Å². The molecule has 1 unspecified atom stereocenters. The number of H-pyrrole nitrogens is 1. The number of hydrogen-bond donors (Lipinski definition) is 7. The number of azide groups is 1. The molecule has 0 bridgehead atoms. The van der Waals surface area contributed by atoms with Crippen LogP contribution >= 0.6 is 7.75 Å². The second-order valence-corrected chi connectivity index (χ2v) is 15.5. The Hall–Kier alpha value is -6.38. The molecule has 5 heterocycles. The summed E-state index contributed by atoms with van der Waals surface area (Å²) in [7, 11) is 0.675. The van der Waals surface area contributed by atoms with Crippen LogP contribution < -0.4 is 38.0 Å². The minimum absolute atomic E-state index is 0.0536. The minimum Gasteiger partial charge on any atom is -0.388 e. The summed E-state index contributed by atoms with van der Waals surface area (Å²) in [5.74, 6) is -1.52. The molecule has 1 saturated heterocycles. The number of aryl methyl sites for hydroxylation is 4. The number of aromatic nitrogens is 5. The number of nitrogens with two attached hydrogens (primary N) is 1. The zero-order valence-electron chi connectivity index (χ0n) is 32.5. The van der Waals surface area contributed by atoms with Crippen LogP contribution in [-0.4, -0.2) is 78.2 Å². The molecule has 0 aliphatic carbocycles. The van der Waals surface area contributed by atoms with Crippen molar-refractivity contribution >= 4 is 48.4 Å². The molecule has 0 aromatic carbocycles. The quantitative estimate of drug-likeness (QED) is 0.0203. The Kier molecular flexibility index (Phi) is 13.1. The van der Waals surface area contributed by atoms with E-state index in [0.29, 0.717) is 11.4 Å². The van der Waals surface area contributed by atoms with E-state index in [-0.39, 0.29) is 60.2 Å². The van der Waals surface area contributed by atoms with Gasteiger partial charge in [-0.05, 0) is 44.5 Å². The average molecular weight is 825 g/mol. The smallest absolute Gasteiger partial charge is 0.388 e. The Bertz CT molecular complexity index is 2440. The summed E-state index contributed by atoms with van der Waals surface area (Å²) >= 11 is 0. The Morgan fingerprint density at radius 1 is 1.00 bits per heavy atom. The number of anilines is 3. The van der Waals surface area contributed by atoms with E-state index in [1.54, 1.807) is 52.0 Å². The number of nitrogens with one attached hydrogen (secondary N) is 6. The largest absolute Gasteiger partial charge is 0.433 e. The molecule has 0 saturated carbocycles. The van der Waals surface area contributed by atoms with Crippen molar-refractivity contribution in [3.05, 3.63) is 96.9 Å². The highest BCUT2D eigenvalue weighted by atomic mass is 31.2. The standard InChI is InChI=1S/C34H45N14O9P/c1-18(2)57-58(54,55-17-27-23(42-44-37)12-29(56-27)48-13-19(3)30(49)41-34(48)53)43-22-11-26(47(6)16-22)33(52)40-21-10-25(46(5)15-21)32(51)39-20-9-24(45(4)14-20)31(50)38-8-7-28(35)36/h9-11,13-16,18,23,27,29H,7-8,12,17H2,1-6H3,(H3,35,36)(H,38,50)(H,39,51)(H,40,52)(H,43,54)(H,41,49,53)/t23-,27+,29+,58?/m0/s1. The molecule has 1 fully saturated rings. The first-order valence-electron chi connectivity index (χ1n) is 17.8. The third kappa shape index (κ3) is 10.3. The maximum atomic E-state index is 14.0. The first-order chi connectivity index (χ1) is 27.4. The van der Waals surface area contributed by atoms with E-state index in [0.717, 1.165) is 0 Å². The van der Waals surface area contributed by atoms with Crippen LogP contribution in [0.25, 0.3) is 10.4 Å². The highest BCUT2D eigenvalue weighted by molar-refractivity contribution is 7.55. The van der Waals surface area contributed by atoms with E-state index in [1.807, 2.05) is 0 Å². The average Bonchev–Trinajstić information content (AvgIpc) is 3.90. The normalized spacial score (nSPS) is 17.3. The van der Waals surface area contributed by atoms with Crippen molar-refractivity contribution in [3.63, 3.8) is 0 Å². The number of aromatic amines is 1. The molecule has 3 amide bonds. The molecule has 4 atom stereocenters. The van der Waals surface area contributed by atoms with E-state index in [2.05, 4.69) is 36.0 Å². The van der Waals surface area contributed by atoms with E-state index in [1.165, 1.54) is 51.2 Å². The zero-order chi connectivity index (χ0) is 42.5. The van der Waals surface area contributed by atoms with Gasteiger partial charge >= 0.3 is 13.4 Å². The predicted octanol–water partition coefficient (Wildman–Crippen LogP) is 3.05. The van der Waals surface area contributed by atoms with E-state index in [9.17, 15) is 34.1 Å². The predicted molar refractivity (Wildman–Crippen MR) is 212 cm³/mol. The van der Waals surface area contributed by atoms with Crippen LogP contribution in [0.2, 0.25) is 0 Å². The van der Waals surface area contributed by atoms with E-state index >= 15 is 0 Å². The summed E-state index contributed by atoms with van der Waals surface area (Å²) < 4.78 is 37.2. The molecule has 0 spiro atoms. The summed E-state index contributed by atoms with van der Waals surface area (Å²) in [6.07, 6.45) is 3.74. The van der Waals surface area contributed by atoms with Gasteiger partial charge in [0, 0.05) is 75.8 Å². The topological polar surface area (TPSA) is 312 Å². The molecular weight excluding hydrogens is 779 g/mol. The first kappa shape index (κ1) is 42.8. The lowest BCUT2D eigenvalue weighted by Crippen LogP contribution is -2.33. The molecule has 4 aromatic rings. The second-order valence-electron chi connectivity index (χ2n) is 13.8. The van der Waals surface area contributed by atoms with Crippen molar-refractivity contribution in [3.8, 4) is 0 Å². The maximum absolute atomic E-state index is 14.0. The SMILES string of the molecule is Cc1cn([C@H]2C[C@H](N=[N+]=[N-])[C@@H](COP(=O)(Nc3cc(C(=O)Nc4cc(C(=O)Nc5cc(C(=O)NCCC(=N)N)n(C)c5)n(C)c4)n(C)c3)OC(C)C)O2)c(=O)[nH]c1=O. The summed E-state index contributed by atoms with van der Waals surface area (Å²) in [5, 5.41) is 22.0. The third-order valence-corrected chi connectivity index (χ3v) is 10.5. The van der Waals surface area contributed by atoms with Crippen LogP contribution in [-0.2, 0) is 39.5 Å². The van der Waals surface area contributed by atoms with Crippen LogP contribution in [0.1, 0.15) is 69.9 Å². The van der Waals surface area contributed by atoms with Gasteiger partial charge in [-0.1, -0.05) is 5.11 Å².